The molecule has 1 atom stereocenters. The minimum absolute atomic E-state index is 0.241. The van der Waals surface area contributed by atoms with Gasteiger partial charge in [0.25, 0.3) is 0 Å². The Morgan fingerprint density at radius 3 is 2.55 bits per heavy atom. The maximum absolute atomic E-state index is 9.11. The summed E-state index contributed by atoms with van der Waals surface area (Å²) in [4.78, 5) is 4.63. The third-order valence-corrected chi connectivity index (χ3v) is 6.10. The van der Waals surface area contributed by atoms with Crippen molar-refractivity contribution in [3.63, 3.8) is 0 Å². The van der Waals surface area contributed by atoms with Gasteiger partial charge in [-0.05, 0) is 40.5 Å². The van der Waals surface area contributed by atoms with Gasteiger partial charge < -0.3 is 18.8 Å². The van der Waals surface area contributed by atoms with Gasteiger partial charge >= 0.3 is 0 Å². The fourth-order valence-electron chi connectivity index (χ4n) is 4.66. The number of rotatable bonds is 5. The van der Waals surface area contributed by atoms with E-state index in [1.807, 2.05) is 41.0 Å². The third-order valence-electron chi connectivity index (χ3n) is 6.10. The maximum atomic E-state index is 9.11. The van der Waals surface area contributed by atoms with Gasteiger partial charge in [0.15, 0.2) is 11.5 Å². The Morgan fingerprint density at radius 1 is 1.00 bits per heavy atom. The third kappa shape index (κ3) is 3.52. The number of ether oxygens (including phenoxy) is 3. The van der Waals surface area contributed by atoms with Crippen LogP contribution in [0.15, 0.2) is 60.9 Å². The Labute approximate surface area is 192 Å². The van der Waals surface area contributed by atoms with E-state index in [1.165, 1.54) is 0 Å². The van der Waals surface area contributed by atoms with Crippen LogP contribution in [0.5, 0.6) is 23.1 Å². The molecule has 0 spiro atoms. The van der Waals surface area contributed by atoms with Crippen LogP contribution in [0.2, 0.25) is 0 Å². The summed E-state index contributed by atoms with van der Waals surface area (Å²) in [6, 6.07) is 18.3. The molecule has 1 aliphatic rings. The normalized spacial score (nSPS) is 14.5. The molecule has 168 valence electrons. The Kier molecular flexibility index (Phi) is 5.29. The number of benzene rings is 3. The second-order valence-corrected chi connectivity index (χ2v) is 8.71. The zero-order valence-corrected chi connectivity index (χ0v) is 19.3. The van der Waals surface area contributed by atoms with Crippen molar-refractivity contribution >= 4 is 10.8 Å². The first kappa shape index (κ1) is 21.1. The maximum Gasteiger partial charge on any atom is 0.228 e. The van der Waals surface area contributed by atoms with Crippen LogP contribution >= 0.6 is 0 Å². The largest absolute Gasteiger partial charge is 0.493 e. The van der Waals surface area contributed by atoms with Crippen LogP contribution in [-0.2, 0) is 6.54 Å². The molecule has 5 rings (SSSR count). The number of nitrogens with one attached hydrogen (secondary N) is 1. The van der Waals surface area contributed by atoms with Gasteiger partial charge in [0, 0.05) is 18.0 Å². The van der Waals surface area contributed by atoms with E-state index in [0.29, 0.717) is 35.3 Å². The number of hydrogen-bond donors (Lipinski definition) is 1. The Balaban J connectivity index is 1.83. The summed E-state index contributed by atoms with van der Waals surface area (Å²) in [6.45, 7) is 4.98. The number of hydrogen-bond acceptors (Lipinski definition) is 5. The summed E-state index contributed by atoms with van der Waals surface area (Å²) in [5, 5.41) is 11.3. The summed E-state index contributed by atoms with van der Waals surface area (Å²) < 4.78 is 19.3. The Hall–Kier alpha value is -3.80. The van der Waals surface area contributed by atoms with E-state index in [9.17, 15) is 0 Å². The van der Waals surface area contributed by atoms with Crippen LogP contribution in [-0.4, -0.2) is 23.8 Å². The smallest absolute Gasteiger partial charge is 0.228 e. The molecular formula is C27H27N3O3. The van der Waals surface area contributed by atoms with E-state index in [-0.39, 0.29) is 5.92 Å². The van der Waals surface area contributed by atoms with Crippen molar-refractivity contribution in [2.45, 2.75) is 26.3 Å². The minimum atomic E-state index is -0.241. The summed E-state index contributed by atoms with van der Waals surface area (Å²) in [5.41, 5.74) is 3.19. The van der Waals surface area contributed by atoms with Crippen molar-refractivity contribution in [2.75, 3.05) is 14.2 Å². The first-order chi connectivity index (χ1) is 16.0. The molecule has 1 aromatic heterocycles. The molecule has 0 amide bonds. The summed E-state index contributed by atoms with van der Waals surface area (Å²) in [7, 11) is 3.27. The molecule has 6 nitrogen and oxygen atoms in total. The lowest BCUT2D eigenvalue weighted by atomic mass is 9.81. The van der Waals surface area contributed by atoms with Gasteiger partial charge in [-0.25, -0.2) is 4.98 Å². The standard InChI is InChI=1S/C27H27N3O3/c1-16(2)14-30-15-29-27-25(26(30)28)23(18-10-11-20(31-3)22(13-18)32-4)24-19-8-6-5-7-17(19)9-12-21(24)33-27/h5-13,15-16,23,28H,14H2,1-4H3. The van der Waals surface area contributed by atoms with E-state index < -0.39 is 0 Å². The number of aromatic nitrogens is 2. The van der Waals surface area contributed by atoms with Crippen molar-refractivity contribution in [1.82, 2.24) is 9.55 Å². The van der Waals surface area contributed by atoms with Crippen LogP contribution < -0.4 is 19.7 Å². The molecule has 0 aliphatic carbocycles. The highest BCUT2D eigenvalue weighted by Gasteiger charge is 2.34. The van der Waals surface area contributed by atoms with Gasteiger partial charge in [-0.15, -0.1) is 0 Å². The van der Waals surface area contributed by atoms with Gasteiger partial charge in [0.05, 0.1) is 19.8 Å². The highest BCUT2D eigenvalue weighted by Crippen LogP contribution is 2.49. The van der Waals surface area contributed by atoms with Crippen molar-refractivity contribution in [3.05, 3.63) is 83.1 Å². The quantitative estimate of drug-likeness (QED) is 0.392. The molecule has 0 saturated heterocycles. The predicted molar refractivity (Wildman–Crippen MR) is 127 cm³/mol. The second kappa shape index (κ2) is 8.28. The monoisotopic (exact) mass is 441 g/mol. The lowest BCUT2D eigenvalue weighted by Gasteiger charge is -2.30. The molecule has 0 bridgehead atoms. The number of nitrogens with zero attached hydrogens (tertiary/aromatic N) is 2. The molecule has 33 heavy (non-hydrogen) atoms. The van der Waals surface area contributed by atoms with Crippen molar-refractivity contribution in [1.29, 1.82) is 5.41 Å². The van der Waals surface area contributed by atoms with E-state index in [2.05, 4.69) is 37.0 Å². The molecule has 6 heteroatoms. The summed E-state index contributed by atoms with van der Waals surface area (Å²) >= 11 is 0. The van der Waals surface area contributed by atoms with Gasteiger partial charge in [-0.2, -0.15) is 0 Å². The topological polar surface area (TPSA) is 69.4 Å². The SMILES string of the molecule is COc1ccc(C2c3c(ncn(CC(C)C)c3=N)Oc3ccc4ccccc4c32)cc1OC. The molecule has 2 heterocycles. The van der Waals surface area contributed by atoms with Crippen LogP contribution in [0.25, 0.3) is 10.8 Å². The van der Waals surface area contributed by atoms with Crippen LogP contribution in [0, 0.1) is 11.3 Å². The zero-order chi connectivity index (χ0) is 23.1. The molecule has 1 aliphatic heterocycles. The van der Waals surface area contributed by atoms with Crippen LogP contribution in [0.4, 0.5) is 0 Å². The van der Waals surface area contributed by atoms with E-state index in [1.54, 1.807) is 20.5 Å². The average molecular weight is 442 g/mol. The van der Waals surface area contributed by atoms with E-state index in [0.717, 1.165) is 33.2 Å². The summed E-state index contributed by atoms with van der Waals surface area (Å²) in [6.07, 6.45) is 1.71. The predicted octanol–water partition coefficient (Wildman–Crippen LogP) is 5.47. The van der Waals surface area contributed by atoms with Crippen LogP contribution in [0.3, 0.4) is 0 Å². The van der Waals surface area contributed by atoms with Gasteiger partial charge in [0.1, 0.15) is 17.6 Å². The molecule has 3 aromatic carbocycles. The van der Waals surface area contributed by atoms with Gasteiger partial charge in [-0.1, -0.05) is 50.2 Å². The van der Waals surface area contributed by atoms with E-state index >= 15 is 0 Å². The molecule has 0 fully saturated rings. The van der Waals surface area contributed by atoms with Crippen molar-refractivity contribution < 1.29 is 14.2 Å². The number of fused-ring (bicyclic) bond motifs is 4. The minimum Gasteiger partial charge on any atom is -0.493 e. The fourth-order valence-corrected chi connectivity index (χ4v) is 4.66. The second-order valence-electron chi connectivity index (χ2n) is 8.71. The first-order valence-electron chi connectivity index (χ1n) is 11.1. The zero-order valence-electron chi connectivity index (χ0n) is 19.3. The molecule has 1 N–H and O–H groups in total. The van der Waals surface area contributed by atoms with Crippen molar-refractivity contribution in [3.8, 4) is 23.1 Å². The van der Waals surface area contributed by atoms with Crippen LogP contribution in [0.1, 0.15) is 36.5 Å². The van der Waals surface area contributed by atoms with Crippen molar-refractivity contribution in [2.24, 2.45) is 5.92 Å². The van der Waals surface area contributed by atoms with Gasteiger partial charge in [0.2, 0.25) is 5.88 Å². The lowest BCUT2D eigenvalue weighted by Crippen LogP contribution is -2.31. The Morgan fingerprint density at radius 2 is 1.79 bits per heavy atom. The average Bonchev–Trinajstić information content (AvgIpc) is 2.83. The molecule has 0 radical (unpaired) electrons. The molecular weight excluding hydrogens is 414 g/mol. The summed E-state index contributed by atoms with van der Waals surface area (Å²) in [5.74, 6) is 2.69. The fraction of sp³-hybridized carbons (Fsp3) is 0.259. The molecule has 4 aromatic rings. The molecule has 1 unspecified atom stereocenters. The number of methoxy groups -OCH3 is 2. The molecule has 0 saturated carbocycles. The highest BCUT2D eigenvalue weighted by molar-refractivity contribution is 5.90. The first-order valence-corrected chi connectivity index (χ1v) is 11.1. The van der Waals surface area contributed by atoms with E-state index in [4.69, 9.17) is 19.6 Å². The van der Waals surface area contributed by atoms with Gasteiger partial charge in [-0.3, -0.25) is 5.41 Å². The Bertz CT molecular complexity index is 1410. The lowest BCUT2D eigenvalue weighted by molar-refractivity contribution is 0.354. The highest BCUT2D eigenvalue weighted by atomic mass is 16.5.